The fourth-order valence-electron chi connectivity index (χ4n) is 2.09. The molecule has 19 heavy (non-hydrogen) atoms. The number of unbranched alkanes of at least 4 members (excludes halogenated alkanes) is 6. The molecule has 3 heteroatoms. The van der Waals surface area contributed by atoms with E-state index in [1.165, 1.54) is 50.3 Å². The highest BCUT2D eigenvalue weighted by Gasteiger charge is 2.10. The predicted molar refractivity (Wildman–Crippen MR) is 78.4 cm³/mol. The molecule has 1 nitrogen and oxygen atoms in total. The minimum atomic E-state index is -0.410. The maximum atomic E-state index is 13.1. The third-order valence-corrected chi connectivity index (χ3v) is 3.57. The first-order valence-corrected chi connectivity index (χ1v) is 7.51. The van der Waals surface area contributed by atoms with Crippen molar-refractivity contribution in [1.29, 1.82) is 0 Å². The Kier molecular flexibility index (Phi) is 7.73. The Bertz CT molecular complexity index is 404. The predicted octanol–water partition coefficient (Wildman–Crippen LogP) is 5.80. The van der Waals surface area contributed by atoms with Gasteiger partial charge in [-0.1, -0.05) is 57.0 Å². The standard InChI is InChI=1S/C16H22ClFO/c1-2-3-4-5-6-7-8-9-16(19)14-12-13(18)10-11-15(14)17/h10-12H,2-9H2,1H3. The Morgan fingerprint density at radius 3 is 2.42 bits per heavy atom. The van der Waals surface area contributed by atoms with Gasteiger partial charge in [-0.3, -0.25) is 4.79 Å². The first kappa shape index (κ1) is 16.2. The van der Waals surface area contributed by atoms with Crippen LogP contribution in [0.1, 0.15) is 68.6 Å². The number of hydrogen-bond donors (Lipinski definition) is 0. The Hall–Kier alpha value is -0.890. The monoisotopic (exact) mass is 284 g/mol. The van der Waals surface area contributed by atoms with Gasteiger partial charge in [0.2, 0.25) is 0 Å². The van der Waals surface area contributed by atoms with Gasteiger partial charge in [-0.05, 0) is 24.6 Å². The van der Waals surface area contributed by atoms with Crippen LogP contribution < -0.4 is 0 Å². The van der Waals surface area contributed by atoms with Gasteiger partial charge in [-0.25, -0.2) is 4.39 Å². The molecule has 0 aliphatic carbocycles. The second-order valence-electron chi connectivity index (χ2n) is 4.92. The molecular weight excluding hydrogens is 263 g/mol. The average Bonchev–Trinajstić information content (AvgIpc) is 2.40. The van der Waals surface area contributed by atoms with Crippen LogP contribution in [0.3, 0.4) is 0 Å². The van der Waals surface area contributed by atoms with Crippen LogP contribution in [0, 0.1) is 5.82 Å². The third kappa shape index (κ3) is 6.20. The largest absolute Gasteiger partial charge is 0.294 e. The number of hydrogen-bond acceptors (Lipinski definition) is 1. The van der Waals surface area contributed by atoms with Crippen molar-refractivity contribution >= 4 is 17.4 Å². The summed E-state index contributed by atoms with van der Waals surface area (Å²) in [6.07, 6.45) is 8.60. The third-order valence-electron chi connectivity index (χ3n) is 3.24. The Labute approximate surface area is 120 Å². The molecule has 0 saturated heterocycles. The fraction of sp³-hybridized carbons (Fsp3) is 0.562. The smallest absolute Gasteiger partial charge is 0.164 e. The highest BCUT2D eigenvalue weighted by molar-refractivity contribution is 6.33. The summed E-state index contributed by atoms with van der Waals surface area (Å²) in [5.74, 6) is -0.467. The van der Waals surface area contributed by atoms with Crippen LogP contribution in [0.15, 0.2) is 18.2 Å². The van der Waals surface area contributed by atoms with Gasteiger partial charge in [0.25, 0.3) is 0 Å². The molecule has 0 saturated carbocycles. The van der Waals surface area contributed by atoms with E-state index in [9.17, 15) is 9.18 Å². The van der Waals surface area contributed by atoms with Crippen molar-refractivity contribution in [1.82, 2.24) is 0 Å². The minimum absolute atomic E-state index is 0.0574. The molecule has 0 aliphatic rings. The molecule has 1 aromatic rings. The normalized spacial score (nSPS) is 10.7. The Balaban J connectivity index is 2.26. The van der Waals surface area contributed by atoms with Gasteiger partial charge in [0, 0.05) is 12.0 Å². The van der Waals surface area contributed by atoms with Crippen molar-refractivity contribution in [2.75, 3.05) is 0 Å². The van der Waals surface area contributed by atoms with Gasteiger partial charge in [0.1, 0.15) is 5.82 Å². The molecule has 0 aliphatic heterocycles. The number of benzene rings is 1. The SMILES string of the molecule is CCCCCCCCCC(=O)c1cc(F)ccc1Cl. The molecule has 0 radical (unpaired) electrons. The van der Waals surface area contributed by atoms with Crippen LogP contribution >= 0.6 is 11.6 Å². The molecule has 0 atom stereocenters. The zero-order valence-electron chi connectivity index (χ0n) is 11.6. The second-order valence-corrected chi connectivity index (χ2v) is 5.33. The lowest BCUT2D eigenvalue weighted by atomic mass is 10.0. The molecule has 0 fully saturated rings. The van der Waals surface area contributed by atoms with Crippen molar-refractivity contribution in [3.63, 3.8) is 0 Å². The summed E-state index contributed by atoms with van der Waals surface area (Å²) in [6.45, 7) is 2.20. The lowest BCUT2D eigenvalue weighted by Crippen LogP contribution is -2.00. The summed E-state index contributed by atoms with van der Waals surface area (Å²) in [6, 6.07) is 3.94. The molecule has 0 heterocycles. The van der Waals surface area contributed by atoms with E-state index in [-0.39, 0.29) is 5.78 Å². The molecule has 0 amide bonds. The molecular formula is C16H22ClFO. The van der Waals surface area contributed by atoms with E-state index in [0.717, 1.165) is 12.8 Å². The Morgan fingerprint density at radius 1 is 1.11 bits per heavy atom. The van der Waals surface area contributed by atoms with Gasteiger partial charge in [0.05, 0.1) is 5.02 Å². The van der Waals surface area contributed by atoms with Gasteiger partial charge in [-0.15, -0.1) is 0 Å². The van der Waals surface area contributed by atoms with Gasteiger partial charge >= 0.3 is 0 Å². The van der Waals surface area contributed by atoms with E-state index in [0.29, 0.717) is 17.0 Å². The maximum absolute atomic E-state index is 13.1. The topological polar surface area (TPSA) is 17.1 Å². The van der Waals surface area contributed by atoms with Gasteiger partial charge in [-0.2, -0.15) is 0 Å². The van der Waals surface area contributed by atoms with Crippen molar-refractivity contribution in [2.45, 2.75) is 58.3 Å². The first-order chi connectivity index (χ1) is 9.15. The number of Topliss-reactive ketones (excluding diaryl/α,β-unsaturated/α-hetero) is 1. The molecule has 1 aromatic carbocycles. The molecule has 0 N–H and O–H groups in total. The van der Waals surface area contributed by atoms with E-state index in [4.69, 9.17) is 11.6 Å². The van der Waals surface area contributed by atoms with Crippen molar-refractivity contribution in [3.8, 4) is 0 Å². The van der Waals surface area contributed by atoms with Crippen molar-refractivity contribution in [3.05, 3.63) is 34.6 Å². The van der Waals surface area contributed by atoms with Crippen LogP contribution in [0.25, 0.3) is 0 Å². The van der Waals surface area contributed by atoms with E-state index in [2.05, 4.69) is 6.92 Å². The molecule has 0 bridgehead atoms. The molecule has 106 valence electrons. The summed E-state index contributed by atoms with van der Waals surface area (Å²) in [5, 5.41) is 0.342. The molecule has 0 aromatic heterocycles. The summed E-state index contributed by atoms with van der Waals surface area (Å²) in [7, 11) is 0. The van der Waals surface area contributed by atoms with Gasteiger partial charge < -0.3 is 0 Å². The van der Waals surface area contributed by atoms with Crippen LogP contribution in [0.2, 0.25) is 5.02 Å². The number of halogens is 2. The number of carbonyl (C=O) groups excluding carboxylic acids is 1. The number of carbonyl (C=O) groups is 1. The van der Waals surface area contributed by atoms with Crippen LogP contribution in [0.4, 0.5) is 4.39 Å². The maximum Gasteiger partial charge on any atom is 0.164 e. The first-order valence-electron chi connectivity index (χ1n) is 7.13. The number of ketones is 1. The minimum Gasteiger partial charge on any atom is -0.294 e. The van der Waals surface area contributed by atoms with Crippen molar-refractivity contribution < 1.29 is 9.18 Å². The van der Waals surface area contributed by atoms with E-state index >= 15 is 0 Å². The van der Waals surface area contributed by atoms with Crippen LogP contribution in [0.5, 0.6) is 0 Å². The lowest BCUT2D eigenvalue weighted by Gasteiger charge is -2.04. The van der Waals surface area contributed by atoms with Crippen LogP contribution in [-0.2, 0) is 0 Å². The zero-order chi connectivity index (χ0) is 14.1. The van der Waals surface area contributed by atoms with E-state index in [1.54, 1.807) is 0 Å². The highest BCUT2D eigenvalue weighted by Crippen LogP contribution is 2.20. The van der Waals surface area contributed by atoms with Gasteiger partial charge in [0.15, 0.2) is 5.78 Å². The summed E-state index contributed by atoms with van der Waals surface area (Å²) >= 11 is 5.90. The quantitative estimate of drug-likeness (QED) is 0.413. The lowest BCUT2D eigenvalue weighted by molar-refractivity contribution is 0.0979. The van der Waals surface area contributed by atoms with E-state index in [1.807, 2.05) is 0 Å². The average molecular weight is 285 g/mol. The molecule has 0 spiro atoms. The summed E-state index contributed by atoms with van der Waals surface area (Å²) in [5.41, 5.74) is 0.313. The number of rotatable bonds is 9. The fourth-order valence-corrected chi connectivity index (χ4v) is 2.31. The summed E-state index contributed by atoms with van der Waals surface area (Å²) in [4.78, 5) is 11.9. The zero-order valence-corrected chi connectivity index (χ0v) is 12.3. The van der Waals surface area contributed by atoms with E-state index < -0.39 is 5.82 Å². The van der Waals surface area contributed by atoms with Crippen molar-refractivity contribution in [2.24, 2.45) is 0 Å². The molecule has 1 rings (SSSR count). The second kappa shape index (κ2) is 9.08. The Morgan fingerprint density at radius 2 is 1.74 bits per heavy atom. The van der Waals surface area contributed by atoms with Crippen LogP contribution in [-0.4, -0.2) is 5.78 Å². The molecule has 0 unspecified atom stereocenters. The summed E-state index contributed by atoms with van der Waals surface area (Å²) < 4.78 is 13.1. The highest BCUT2D eigenvalue weighted by atomic mass is 35.5.